The van der Waals surface area contributed by atoms with Crippen LogP contribution in [0.1, 0.15) is 16.1 Å². The molecule has 0 fully saturated rings. The summed E-state index contributed by atoms with van der Waals surface area (Å²) in [6.45, 7) is 0.394. The second-order valence-corrected chi connectivity index (χ2v) is 6.59. The lowest BCUT2D eigenvalue weighted by Gasteiger charge is -2.10. The van der Waals surface area contributed by atoms with Gasteiger partial charge >= 0.3 is 0 Å². The van der Waals surface area contributed by atoms with E-state index in [-0.39, 0.29) is 5.91 Å². The Morgan fingerprint density at radius 3 is 2.75 bits per heavy atom. The van der Waals surface area contributed by atoms with E-state index in [4.69, 9.17) is 4.42 Å². The number of nitrogens with one attached hydrogen (secondary N) is 1. The summed E-state index contributed by atoms with van der Waals surface area (Å²) >= 11 is 0. The van der Waals surface area contributed by atoms with E-state index >= 15 is 0 Å². The first-order valence-electron chi connectivity index (χ1n) is 9.05. The van der Waals surface area contributed by atoms with Crippen LogP contribution in [0.3, 0.4) is 0 Å². The molecule has 0 aliphatic carbocycles. The summed E-state index contributed by atoms with van der Waals surface area (Å²) in [5.41, 5.74) is 2.69. The number of hydrogen-bond donors (Lipinski definition) is 1. The van der Waals surface area contributed by atoms with Crippen molar-refractivity contribution in [3.63, 3.8) is 0 Å². The van der Waals surface area contributed by atoms with Gasteiger partial charge in [-0.3, -0.25) is 4.79 Å². The SMILES string of the molecule is O=C(NCc1ccccc1-n1ccnc1)c1cc2c(ccc3ccccc32)o1. The number of nitrogens with zero attached hydrogens (tertiary/aromatic N) is 2. The maximum atomic E-state index is 12.7. The van der Waals surface area contributed by atoms with Gasteiger partial charge in [0.25, 0.3) is 5.91 Å². The second kappa shape index (κ2) is 6.70. The molecule has 2 heterocycles. The van der Waals surface area contributed by atoms with Crippen molar-refractivity contribution in [1.82, 2.24) is 14.9 Å². The zero-order chi connectivity index (χ0) is 18.9. The summed E-state index contributed by atoms with van der Waals surface area (Å²) in [4.78, 5) is 16.8. The van der Waals surface area contributed by atoms with Crippen LogP contribution in [-0.2, 0) is 6.54 Å². The van der Waals surface area contributed by atoms with Crippen LogP contribution in [-0.4, -0.2) is 15.5 Å². The molecule has 2 aromatic heterocycles. The molecule has 0 saturated carbocycles. The topological polar surface area (TPSA) is 60.1 Å². The van der Waals surface area contributed by atoms with E-state index < -0.39 is 0 Å². The fraction of sp³-hybridized carbons (Fsp3) is 0.0435. The van der Waals surface area contributed by atoms with Crippen LogP contribution < -0.4 is 5.32 Å². The van der Waals surface area contributed by atoms with E-state index in [1.807, 2.05) is 71.4 Å². The van der Waals surface area contributed by atoms with Crippen molar-refractivity contribution in [2.45, 2.75) is 6.54 Å². The van der Waals surface area contributed by atoms with Crippen LogP contribution in [0.2, 0.25) is 0 Å². The number of para-hydroxylation sites is 1. The Balaban J connectivity index is 1.42. The van der Waals surface area contributed by atoms with Crippen molar-refractivity contribution in [2.24, 2.45) is 0 Å². The Morgan fingerprint density at radius 2 is 1.86 bits per heavy atom. The van der Waals surface area contributed by atoms with Crippen molar-refractivity contribution < 1.29 is 9.21 Å². The number of furan rings is 1. The van der Waals surface area contributed by atoms with Gasteiger partial charge in [0.2, 0.25) is 0 Å². The molecule has 5 rings (SSSR count). The van der Waals surface area contributed by atoms with Crippen LogP contribution in [0.5, 0.6) is 0 Å². The largest absolute Gasteiger partial charge is 0.451 e. The summed E-state index contributed by atoms with van der Waals surface area (Å²) < 4.78 is 7.73. The Labute approximate surface area is 161 Å². The number of imidazole rings is 1. The summed E-state index contributed by atoms with van der Waals surface area (Å²) in [5.74, 6) is 0.0761. The van der Waals surface area contributed by atoms with E-state index in [1.165, 1.54) is 0 Å². The van der Waals surface area contributed by atoms with Crippen molar-refractivity contribution in [3.8, 4) is 5.69 Å². The average Bonchev–Trinajstić information content (AvgIpc) is 3.42. The molecular formula is C23H17N3O2. The van der Waals surface area contributed by atoms with E-state index in [9.17, 15) is 4.79 Å². The van der Waals surface area contributed by atoms with Gasteiger partial charge in [-0.1, -0.05) is 48.5 Å². The van der Waals surface area contributed by atoms with Gasteiger partial charge in [0.15, 0.2) is 5.76 Å². The maximum Gasteiger partial charge on any atom is 0.287 e. The van der Waals surface area contributed by atoms with Crippen molar-refractivity contribution in [1.29, 1.82) is 0 Å². The van der Waals surface area contributed by atoms with Crippen LogP contribution >= 0.6 is 0 Å². The van der Waals surface area contributed by atoms with Crippen molar-refractivity contribution in [2.75, 3.05) is 0 Å². The minimum atomic E-state index is -0.235. The van der Waals surface area contributed by atoms with Crippen LogP contribution in [0.4, 0.5) is 0 Å². The molecule has 3 aromatic carbocycles. The fourth-order valence-corrected chi connectivity index (χ4v) is 3.48. The smallest absolute Gasteiger partial charge is 0.287 e. The lowest BCUT2D eigenvalue weighted by Crippen LogP contribution is -2.23. The molecule has 0 radical (unpaired) electrons. The van der Waals surface area contributed by atoms with Gasteiger partial charge < -0.3 is 14.3 Å². The molecule has 0 unspecified atom stereocenters. The molecular weight excluding hydrogens is 350 g/mol. The fourth-order valence-electron chi connectivity index (χ4n) is 3.48. The Kier molecular flexibility index (Phi) is 3.91. The lowest BCUT2D eigenvalue weighted by atomic mass is 10.1. The number of fused-ring (bicyclic) bond motifs is 3. The minimum Gasteiger partial charge on any atom is -0.451 e. The highest BCUT2D eigenvalue weighted by molar-refractivity contribution is 6.08. The maximum absolute atomic E-state index is 12.7. The minimum absolute atomic E-state index is 0.235. The third kappa shape index (κ3) is 2.83. The molecule has 5 nitrogen and oxygen atoms in total. The Morgan fingerprint density at radius 1 is 1.00 bits per heavy atom. The number of benzene rings is 3. The van der Waals surface area contributed by atoms with E-state index in [0.717, 1.165) is 27.4 Å². The van der Waals surface area contributed by atoms with Crippen molar-refractivity contribution in [3.05, 3.63) is 96.8 Å². The Bertz CT molecular complexity index is 1290. The number of hydrogen-bond acceptors (Lipinski definition) is 3. The molecule has 0 spiro atoms. The third-order valence-corrected chi connectivity index (χ3v) is 4.86. The summed E-state index contributed by atoms with van der Waals surface area (Å²) in [6.07, 6.45) is 5.35. The molecule has 136 valence electrons. The van der Waals surface area contributed by atoms with Crippen LogP contribution in [0.25, 0.3) is 27.4 Å². The van der Waals surface area contributed by atoms with Gasteiger partial charge in [-0.05, 0) is 34.5 Å². The number of rotatable bonds is 4. The van der Waals surface area contributed by atoms with E-state index in [0.29, 0.717) is 17.9 Å². The van der Waals surface area contributed by atoms with Crippen molar-refractivity contribution >= 4 is 27.6 Å². The summed E-state index contributed by atoms with van der Waals surface area (Å²) in [5, 5.41) is 6.11. The number of carbonyl (C=O) groups is 1. The highest BCUT2D eigenvalue weighted by Crippen LogP contribution is 2.28. The van der Waals surface area contributed by atoms with Gasteiger partial charge in [0.05, 0.1) is 12.0 Å². The highest BCUT2D eigenvalue weighted by atomic mass is 16.3. The second-order valence-electron chi connectivity index (χ2n) is 6.59. The van der Waals surface area contributed by atoms with Gasteiger partial charge in [-0.15, -0.1) is 0 Å². The zero-order valence-electron chi connectivity index (χ0n) is 15.0. The molecule has 1 N–H and O–H groups in total. The molecule has 0 atom stereocenters. The quantitative estimate of drug-likeness (QED) is 0.501. The van der Waals surface area contributed by atoms with E-state index in [1.54, 1.807) is 12.5 Å². The predicted molar refractivity (Wildman–Crippen MR) is 108 cm³/mol. The molecule has 0 bridgehead atoms. The molecule has 5 aromatic rings. The molecule has 1 amide bonds. The molecule has 0 aliphatic heterocycles. The number of aromatic nitrogens is 2. The summed E-state index contributed by atoms with van der Waals surface area (Å²) in [7, 11) is 0. The number of carbonyl (C=O) groups excluding carboxylic acids is 1. The zero-order valence-corrected chi connectivity index (χ0v) is 15.0. The predicted octanol–water partition coefficient (Wildman–Crippen LogP) is 4.70. The van der Waals surface area contributed by atoms with Gasteiger partial charge in [-0.2, -0.15) is 0 Å². The van der Waals surface area contributed by atoms with Gasteiger partial charge in [0, 0.05) is 24.3 Å². The normalized spacial score (nSPS) is 11.1. The Hall–Kier alpha value is -3.86. The first-order valence-corrected chi connectivity index (χ1v) is 9.05. The number of amides is 1. The highest BCUT2D eigenvalue weighted by Gasteiger charge is 2.14. The third-order valence-electron chi connectivity index (χ3n) is 4.86. The van der Waals surface area contributed by atoms with Gasteiger partial charge in [0.1, 0.15) is 5.58 Å². The first kappa shape index (κ1) is 16.3. The lowest BCUT2D eigenvalue weighted by molar-refractivity contribution is 0.0925. The standard InChI is InChI=1S/C23H17N3O2/c27-23(25-14-17-6-2-4-8-20(17)26-12-11-24-15-26)22-13-19-18-7-3-1-5-16(18)9-10-21(19)28-22/h1-13,15H,14H2,(H,25,27). The van der Waals surface area contributed by atoms with Gasteiger partial charge in [-0.25, -0.2) is 4.98 Å². The van der Waals surface area contributed by atoms with Crippen LogP contribution in [0, 0.1) is 0 Å². The molecule has 5 heteroatoms. The van der Waals surface area contributed by atoms with Crippen LogP contribution in [0.15, 0.2) is 89.9 Å². The molecule has 28 heavy (non-hydrogen) atoms. The van der Waals surface area contributed by atoms with E-state index in [2.05, 4.69) is 16.4 Å². The molecule has 0 saturated heterocycles. The first-order chi connectivity index (χ1) is 13.8. The molecule has 0 aliphatic rings. The summed E-state index contributed by atoms with van der Waals surface area (Å²) in [6, 6.07) is 21.7. The monoisotopic (exact) mass is 367 g/mol. The average molecular weight is 367 g/mol.